The fourth-order valence-electron chi connectivity index (χ4n) is 1.95. The van der Waals surface area contributed by atoms with Gasteiger partial charge in [0, 0.05) is 15.2 Å². The summed E-state index contributed by atoms with van der Waals surface area (Å²) < 4.78 is 1.19. The van der Waals surface area contributed by atoms with Crippen molar-refractivity contribution in [3.63, 3.8) is 0 Å². The van der Waals surface area contributed by atoms with Gasteiger partial charge in [-0.2, -0.15) is 0 Å². The van der Waals surface area contributed by atoms with Crippen molar-refractivity contribution in [1.82, 2.24) is 4.98 Å². The maximum absolute atomic E-state index is 4.41. The highest BCUT2D eigenvalue weighted by atomic mass is 127. The molecule has 0 bridgehead atoms. The molecule has 0 amide bonds. The maximum atomic E-state index is 4.41. The molecule has 17 heavy (non-hydrogen) atoms. The van der Waals surface area contributed by atoms with E-state index in [4.69, 9.17) is 0 Å². The molecule has 0 saturated heterocycles. The van der Waals surface area contributed by atoms with Gasteiger partial charge in [0.2, 0.25) is 0 Å². The van der Waals surface area contributed by atoms with Crippen LogP contribution in [0.15, 0.2) is 60.8 Å². The molecule has 0 aliphatic rings. The Balaban J connectivity index is 2.26. The van der Waals surface area contributed by atoms with E-state index in [2.05, 4.69) is 70.0 Å². The van der Waals surface area contributed by atoms with E-state index in [1.165, 1.54) is 20.1 Å². The van der Waals surface area contributed by atoms with Crippen LogP contribution >= 0.6 is 22.6 Å². The topological polar surface area (TPSA) is 12.9 Å². The first-order valence-corrected chi connectivity index (χ1v) is 6.52. The molecule has 0 N–H and O–H groups in total. The summed E-state index contributed by atoms with van der Waals surface area (Å²) in [7, 11) is 0. The summed E-state index contributed by atoms with van der Waals surface area (Å²) in [5.74, 6) is 0. The van der Waals surface area contributed by atoms with Crippen LogP contribution in [0.1, 0.15) is 0 Å². The SMILES string of the molecule is Ic1cc(-c2ccccc2)cc2cccnc12. The maximum Gasteiger partial charge on any atom is 0.0835 e. The summed E-state index contributed by atoms with van der Waals surface area (Å²) >= 11 is 2.35. The van der Waals surface area contributed by atoms with E-state index < -0.39 is 0 Å². The normalized spacial score (nSPS) is 10.6. The van der Waals surface area contributed by atoms with Gasteiger partial charge < -0.3 is 0 Å². The third kappa shape index (κ3) is 2.05. The van der Waals surface area contributed by atoms with Crippen molar-refractivity contribution in [2.75, 3.05) is 0 Å². The number of rotatable bonds is 1. The molecule has 1 heterocycles. The molecule has 1 aromatic heterocycles. The molecule has 1 nitrogen and oxygen atoms in total. The summed E-state index contributed by atoms with van der Waals surface area (Å²) in [6.45, 7) is 0. The van der Waals surface area contributed by atoms with Gasteiger partial charge in [0.25, 0.3) is 0 Å². The van der Waals surface area contributed by atoms with Gasteiger partial charge in [-0.05, 0) is 51.9 Å². The minimum atomic E-state index is 1.08. The first-order valence-electron chi connectivity index (χ1n) is 5.44. The number of halogens is 1. The molecule has 0 fully saturated rings. The summed E-state index contributed by atoms with van der Waals surface area (Å²) in [6.07, 6.45) is 1.84. The van der Waals surface area contributed by atoms with E-state index in [-0.39, 0.29) is 0 Å². The highest BCUT2D eigenvalue weighted by Gasteiger charge is 2.03. The number of benzene rings is 2. The molecule has 2 aromatic carbocycles. The Morgan fingerprint density at radius 2 is 1.65 bits per heavy atom. The second-order valence-corrected chi connectivity index (χ2v) is 5.06. The predicted octanol–water partition coefficient (Wildman–Crippen LogP) is 4.51. The van der Waals surface area contributed by atoms with Crippen LogP contribution in [0.5, 0.6) is 0 Å². The molecule has 0 atom stereocenters. The van der Waals surface area contributed by atoms with E-state index >= 15 is 0 Å². The fourth-order valence-corrected chi connectivity index (χ4v) is 2.73. The van der Waals surface area contributed by atoms with Gasteiger partial charge >= 0.3 is 0 Å². The molecule has 0 saturated carbocycles. The van der Waals surface area contributed by atoms with Crippen molar-refractivity contribution in [3.8, 4) is 11.1 Å². The summed E-state index contributed by atoms with van der Waals surface area (Å²) in [4.78, 5) is 4.41. The molecule has 0 radical (unpaired) electrons. The molecular weight excluding hydrogens is 321 g/mol. The lowest BCUT2D eigenvalue weighted by molar-refractivity contribution is 1.40. The Morgan fingerprint density at radius 1 is 0.824 bits per heavy atom. The Hall–Kier alpha value is -1.42. The lowest BCUT2D eigenvalue weighted by Gasteiger charge is -2.05. The summed E-state index contributed by atoms with van der Waals surface area (Å²) in [5.41, 5.74) is 3.57. The van der Waals surface area contributed by atoms with Gasteiger partial charge in [0.15, 0.2) is 0 Å². The van der Waals surface area contributed by atoms with E-state index in [1.807, 2.05) is 18.3 Å². The van der Waals surface area contributed by atoms with Crippen molar-refractivity contribution in [1.29, 1.82) is 0 Å². The summed E-state index contributed by atoms with van der Waals surface area (Å²) in [5, 5.41) is 1.19. The summed E-state index contributed by atoms with van der Waals surface area (Å²) in [6, 6.07) is 18.9. The highest BCUT2D eigenvalue weighted by molar-refractivity contribution is 14.1. The zero-order chi connectivity index (χ0) is 11.7. The van der Waals surface area contributed by atoms with E-state index in [0.29, 0.717) is 0 Å². The quantitative estimate of drug-likeness (QED) is 0.598. The highest BCUT2D eigenvalue weighted by Crippen LogP contribution is 2.27. The van der Waals surface area contributed by atoms with Crippen LogP contribution in [0.3, 0.4) is 0 Å². The van der Waals surface area contributed by atoms with Crippen molar-refractivity contribution in [2.45, 2.75) is 0 Å². The van der Waals surface area contributed by atoms with Gasteiger partial charge in [-0.15, -0.1) is 0 Å². The van der Waals surface area contributed by atoms with Crippen molar-refractivity contribution < 1.29 is 0 Å². The minimum absolute atomic E-state index is 1.08. The predicted molar refractivity (Wildman–Crippen MR) is 79.9 cm³/mol. The number of hydrogen-bond acceptors (Lipinski definition) is 1. The van der Waals surface area contributed by atoms with Gasteiger partial charge in [-0.25, -0.2) is 0 Å². The molecule has 3 rings (SSSR count). The molecule has 0 unspecified atom stereocenters. The number of aromatic nitrogens is 1. The Bertz CT molecular complexity index is 662. The standard InChI is InChI=1S/C15H10IN/c16-14-10-13(11-5-2-1-3-6-11)9-12-7-4-8-17-15(12)14/h1-10H. The van der Waals surface area contributed by atoms with Crippen molar-refractivity contribution >= 4 is 33.5 Å². The Morgan fingerprint density at radius 3 is 2.47 bits per heavy atom. The lowest BCUT2D eigenvalue weighted by Crippen LogP contribution is -1.85. The van der Waals surface area contributed by atoms with Crippen LogP contribution in [-0.4, -0.2) is 4.98 Å². The van der Waals surface area contributed by atoms with E-state index in [9.17, 15) is 0 Å². The van der Waals surface area contributed by atoms with Crippen LogP contribution in [0, 0.1) is 3.57 Å². The monoisotopic (exact) mass is 331 g/mol. The number of nitrogens with zero attached hydrogens (tertiary/aromatic N) is 1. The Kier molecular flexibility index (Phi) is 2.81. The molecule has 0 spiro atoms. The molecule has 2 heteroatoms. The van der Waals surface area contributed by atoms with Crippen LogP contribution in [0.2, 0.25) is 0 Å². The second-order valence-electron chi connectivity index (χ2n) is 3.90. The fraction of sp³-hybridized carbons (Fsp3) is 0. The van der Waals surface area contributed by atoms with Gasteiger partial charge in [-0.1, -0.05) is 36.4 Å². The van der Waals surface area contributed by atoms with E-state index in [1.54, 1.807) is 0 Å². The first kappa shape index (κ1) is 10.7. The minimum Gasteiger partial charge on any atom is -0.255 e. The zero-order valence-electron chi connectivity index (χ0n) is 9.10. The molecule has 3 aromatic rings. The zero-order valence-corrected chi connectivity index (χ0v) is 11.3. The second kappa shape index (κ2) is 4.45. The average molecular weight is 331 g/mol. The Labute approximate surface area is 114 Å². The van der Waals surface area contributed by atoms with Crippen LogP contribution in [-0.2, 0) is 0 Å². The van der Waals surface area contributed by atoms with Crippen LogP contribution in [0.25, 0.3) is 22.0 Å². The van der Waals surface area contributed by atoms with Crippen molar-refractivity contribution in [3.05, 3.63) is 64.4 Å². The van der Waals surface area contributed by atoms with Crippen molar-refractivity contribution in [2.24, 2.45) is 0 Å². The third-order valence-corrected chi connectivity index (χ3v) is 3.59. The molecule has 82 valence electrons. The molecular formula is C15H10IN. The smallest absolute Gasteiger partial charge is 0.0835 e. The van der Waals surface area contributed by atoms with Gasteiger partial charge in [-0.3, -0.25) is 4.98 Å². The van der Waals surface area contributed by atoms with Crippen LogP contribution in [0.4, 0.5) is 0 Å². The molecule has 0 aliphatic heterocycles. The number of pyridine rings is 1. The third-order valence-electron chi connectivity index (χ3n) is 2.77. The largest absolute Gasteiger partial charge is 0.255 e. The van der Waals surface area contributed by atoms with Crippen LogP contribution < -0.4 is 0 Å². The first-order chi connectivity index (χ1) is 8.34. The average Bonchev–Trinajstić information content (AvgIpc) is 2.40. The van der Waals surface area contributed by atoms with E-state index in [0.717, 1.165) is 5.52 Å². The number of fused-ring (bicyclic) bond motifs is 1. The lowest BCUT2D eigenvalue weighted by atomic mass is 10.0. The number of hydrogen-bond donors (Lipinski definition) is 0. The molecule has 0 aliphatic carbocycles. The van der Waals surface area contributed by atoms with Gasteiger partial charge in [0.05, 0.1) is 5.52 Å². The van der Waals surface area contributed by atoms with Gasteiger partial charge in [0.1, 0.15) is 0 Å².